The van der Waals surface area contributed by atoms with Crippen molar-refractivity contribution in [3.8, 4) is 0 Å². The van der Waals surface area contributed by atoms with Crippen LogP contribution in [0.2, 0.25) is 0 Å². The van der Waals surface area contributed by atoms with Gasteiger partial charge in [0.1, 0.15) is 5.82 Å². The molecule has 1 saturated heterocycles. The molecule has 2 rings (SSSR count). The SMILES string of the molecule is Cc1cc(C)c(CO)c(N2CCCC(C)(C)CC2)n1. The highest BCUT2D eigenvalue weighted by atomic mass is 16.3. The molecule has 0 aromatic carbocycles. The zero-order valence-electron chi connectivity index (χ0n) is 12.7. The van der Waals surface area contributed by atoms with E-state index in [2.05, 4.69) is 36.7 Å². The average molecular weight is 262 g/mol. The number of aryl methyl sites for hydroxylation is 2. The van der Waals surface area contributed by atoms with Crippen LogP contribution in [0.3, 0.4) is 0 Å². The summed E-state index contributed by atoms with van der Waals surface area (Å²) in [6.07, 6.45) is 3.65. The Morgan fingerprint density at radius 3 is 2.68 bits per heavy atom. The van der Waals surface area contributed by atoms with Gasteiger partial charge in [0.25, 0.3) is 0 Å². The van der Waals surface area contributed by atoms with Crippen LogP contribution < -0.4 is 4.90 Å². The number of anilines is 1. The van der Waals surface area contributed by atoms with Crippen molar-refractivity contribution in [1.29, 1.82) is 0 Å². The molecule has 1 aromatic heterocycles. The van der Waals surface area contributed by atoms with Crippen LogP contribution in [0.4, 0.5) is 5.82 Å². The third-order valence-corrected chi connectivity index (χ3v) is 4.25. The van der Waals surface area contributed by atoms with Gasteiger partial charge < -0.3 is 10.0 Å². The lowest BCUT2D eigenvalue weighted by atomic mass is 9.85. The second-order valence-corrected chi connectivity index (χ2v) is 6.55. The third kappa shape index (κ3) is 3.27. The van der Waals surface area contributed by atoms with E-state index in [1.165, 1.54) is 19.3 Å². The summed E-state index contributed by atoms with van der Waals surface area (Å²) >= 11 is 0. The van der Waals surface area contributed by atoms with E-state index in [0.29, 0.717) is 5.41 Å². The van der Waals surface area contributed by atoms with Crippen molar-refractivity contribution in [2.45, 2.75) is 53.6 Å². The normalized spacial score (nSPS) is 19.3. The van der Waals surface area contributed by atoms with Gasteiger partial charge >= 0.3 is 0 Å². The lowest BCUT2D eigenvalue weighted by Crippen LogP contribution is -2.27. The van der Waals surface area contributed by atoms with Gasteiger partial charge in [-0.15, -0.1) is 0 Å². The first-order valence-electron chi connectivity index (χ1n) is 7.26. The monoisotopic (exact) mass is 262 g/mol. The molecule has 3 nitrogen and oxygen atoms in total. The Hall–Kier alpha value is -1.09. The minimum absolute atomic E-state index is 0.0777. The molecule has 1 fully saturated rings. The molecule has 1 aliphatic rings. The number of aliphatic hydroxyl groups excluding tert-OH is 1. The van der Waals surface area contributed by atoms with Gasteiger partial charge in [-0.1, -0.05) is 13.8 Å². The highest BCUT2D eigenvalue weighted by Gasteiger charge is 2.25. The lowest BCUT2D eigenvalue weighted by Gasteiger charge is -2.26. The van der Waals surface area contributed by atoms with Crippen LogP contribution in [0.5, 0.6) is 0 Å². The van der Waals surface area contributed by atoms with Crippen molar-refractivity contribution in [2.75, 3.05) is 18.0 Å². The molecule has 19 heavy (non-hydrogen) atoms. The van der Waals surface area contributed by atoms with Crippen LogP contribution in [-0.2, 0) is 6.61 Å². The number of nitrogens with zero attached hydrogens (tertiary/aromatic N) is 2. The quantitative estimate of drug-likeness (QED) is 0.889. The predicted molar refractivity (Wildman–Crippen MR) is 79.5 cm³/mol. The fourth-order valence-electron chi connectivity index (χ4n) is 2.94. The molecule has 0 aliphatic carbocycles. The third-order valence-electron chi connectivity index (χ3n) is 4.25. The van der Waals surface area contributed by atoms with Gasteiger partial charge in [-0.2, -0.15) is 0 Å². The smallest absolute Gasteiger partial charge is 0.134 e. The standard InChI is InChI=1S/C16H26N2O/c1-12-10-13(2)17-15(14(12)11-19)18-8-5-6-16(3,4)7-9-18/h10,19H,5-9,11H2,1-4H3. The highest BCUT2D eigenvalue weighted by Crippen LogP contribution is 2.32. The second kappa shape index (κ2) is 5.49. The Labute approximate surface area is 116 Å². The van der Waals surface area contributed by atoms with Crippen molar-refractivity contribution in [3.05, 3.63) is 22.9 Å². The molecule has 1 N–H and O–H groups in total. The zero-order chi connectivity index (χ0) is 14.0. The molecule has 0 saturated carbocycles. The summed E-state index contributed by atoms with van der Waals surface area (Å²) in [5.41, 5.74) is 3.60. The second-order valence-electron chi connectivity index (χ2n) is 6.55. The molecule has 1 aliphatic heterocycles. The average Bonchev–Trinajstić information content (AvgIpc) is 2.49. The Morgan fingerprint density at radius 1 is 1.26 bits per heavy atom. The fourth-order valence-corrected chi connectivity index (χ4v) is 2.94. The van der Waals surface area contributed by atoms with Gasteiger partial charge in [-0.3, -0.25) is 0 Å². The summed E-state index contributed by atoms with van der Waals surface area (Å²) in [5, 5.41) is 9.63. The van der Waals surface area contributed by atoms with Crippen LogP contribution >= 0.6 is 0 Å². The molecule has 0 unspecified atom stereocenters. The maximum atomic E-state index is 9.63. The van der Waals surface area contributed by atoms with E-state index < -0.39 is 0 Å². The van der Waals surface area contributed by atoms with Gasteiger partial charge in [-0.05, 0) is 50.2 Å². The first-order chi connectivity index (χ1) is 8.93. The largest absolute Gasteiger partial charge is 0.392 e. The topological polar surface area (TPSA) is 36.4 Å². The fraction of sp³-hybridized carbons (Fsp3) is 0.688. The minimum Gasteiger partial charge on any atom is -0.392 e. The van der Waals surface area contributed by atoms with Crippen LogP contribution in [0.25, 0.3) is 0 Å². The molecular weight excluding hydrogens is 236 g/mol. The van der Waals surface area contributed by atoms with Gasteiger partial charge in [0.05, 0.1) is 6.61 Å². The van der Waals surface area contributed by atoms with Crippen LogP contribution in [0.1, 0.15) is 49.9 Å². The van der Waals surface area contributed by atoms with Crippen molar-refractivity contribution in [1.82, 2.24) is 4.98 Å². The zero-order valence-corrected chi connectivity index (χ0v) is 12.7. The minimum atomic E-state index is 0.0777. The van der Waals surface area contributed by atoms with E-state index in [0.717, 1.165) is 35.7 Å². The summed E-state index contributed by atoms with van der Waals surface area (Å²) in [6.45, 7) is 10.9. The van der Waals surface area contributed by atoms with Crippen molar-refractivity contribution in [3.63, 3.8) is 0 Å². The molecule has 1 aromatic rings. The van der Waals surface area contributed by atoms with E-state index in [4.69, 9.17) is 0 Å². The van der Waals surface area contributed by atoms with Crippen molar-refractivity contribution >= 4 is 5.82 Å². The molecule has 106 valence electrons. The summed E-state index contributed by atoms with van der Waals surface area (Å²) < 4.78 is 0. The highest BCUT2D eigenvalue weighted by molar-refractivity contribution is 5.51. The molecule has 0 spiro atoms. The van der Waals surface area contributed by atoms with Crippen LogP contribution in [-0.4, -0.2) is 23.2 Å². The molecule has 0 radical (unpaired) electrons. The molecule has 2 heterocycles. The Morgan fingerprint density at radius 2 is 2.00 bits per heavy atom. The Balaban J connectivity index is 2.31. The number of hydrogen-bond donors (Lipinski definition) is 1. The van der Waals surface area contributed by atoms with Crippen LogP contribution in [0, 0.1) is 19.3 Å². The number of aromatic nitrogens is 1. The molecule has 3 heteroatoms. The van der Waals surface area contributed by atoms with Gasteiger partial charge in [-0.25, -0.2) is 4.98 Å². The van der Waals surface area contributed by atoms with E-state index in [9.17, 15) is 5.11 Å². The van der Waals surface area contributed by atoms with E-state index >= 15 is 0 Å². The van der Waals surface area contributed by atoms with Crippen molar-refractivity contribution in [2.24, 2.45) is 5.41 Å². The number of pyridine rings is 1. The van der Waals surface area contributed by atoms with Crippen LogP contribution in [0.15, 0.2) is 6.07 Å². The van der Waals surface area contributed by atoms with Gasteiger partial charge in [0.15, 0.2) is 0 Å². The first kappa shape index (κ1) is 14.3. The van der Waals surface area contributed by atoms with Gasteiger partial charge in [0, 0.05) is 24.3 Å². The first-order valence-corrected chi connectivity index (χ1v) is 7.26. The number of rotatable bonds is 2. The number of aliphatic hydroxyl groups is 1. The molecule has 0 atom stereocenters. The summed E-state index contributed by atoms with van der Waals surface area (Å²) in [7, 11) is 0. The molecule has 0 amide bonds. The number of hydrogen-bond acceptors (Lipinski definition) is 3. The van der Waals surface area contributed by atoms with Gasteiger partial charge in [0.2, 0.25) is 0 Å². The predicted octanol–water partition coefficient (Wildman–Crippen LogP) is 3.21. The maximum absolute atomic E-state index is 9.63. The Bertz CT molecular complexity index is 454. The van der Waals surface area contributed by atoms with Crippen molar-refractivity contribution < 1.29 is 5.11 Å². The molecular formula is C16H26N2O. The Kier molecular flexibility index (Phi) is 4.14. The summed E-state index contributed by atoms with van der Waals surface area (Å²) in [5.74, 6) is 0.998. The van der Waals surface area contributed by atoms with E-state index in [1.54, 1.807) is 0 Å². The summed E-state index contributed by atoms with van der Waals surface area (Å²) in [6, 6.07) is 2.05. The lowest BCUT2D eigenvalue weighted by molar-refractivity contribution is 0.280. The van der Waals surface area contributed by atoms with E-state index in [1.807, 2.05) is 6.92 Å². The summed E-state index contributed by atoms with van der Waals surface area (Å²) in [4.78, 5) is 7.05. The maximum Gasteiger partial charge on any atom is 0.134 e. The molecule has 0 bridgehead atoms. The van der Waals surface area contributed by atoms with E-state index in [-0.39, 0.29) is 6.61 Å².